The van der Waals surface area contributed by atoms with Crippen LogP contribution in [0.15, 0.2) is 41.3 Å². The number of phenols is 1. The zero-order valence-electron chi connectivity index (χ0n) is 13.6. The fourth-order valence-corrected chi connectivity index (χ4v) is 4.26. The van der Waals surface area contributed by atoms with E-state index < -0.39 is 33.1 Å². The van der Waals surface area contributed by atoms with Gasteiger partial charge >= 0.3 is 0 Å². The Hall–Kier alpha value is -2.52. The largest absolute Gasteiger partial charge is 0.506 e. The Bertz CT molecular complexity index is 957. The normalized spacial score (nSPS) is 15.2. The first-order chi connectivity index (χ1) is 12.3. The van der Waals surface area contributed by atoms with E-state index in [1.165, 1.54) is 10.4 Å². The van der Waals surface area contributed by atoms with E-state index in [-0.39, 0.29) is 16.3 Å². The lowest BCUT2D eigenvalue weighted by Crippen LogP contribution is -2.28. The third kappa shape index (κ3) is 3.54. The second-order valence-corrected chi connectivity index (χ2v) is 7.81. The highest BCUT2D eigenvalue weighted by atomic mass is 32.2. The summed E-state index contributed by atoms with van der Waals surface area (Å²) in [5.74, 6) is -3.21. The number of carbonyl (C=O) groups excluding carboxylic acids is 1. The van der Waals surface area contributed by atoms with Crippen molar-refractivity contribution in [3.63, 3.8) is 0 Å². The number of amides is 1. The van der Waals surface area contributed by atoms with Gasteiger partial charge in [0.2, 0.25) is 10.0 Å². The van der Waals surface area contributed by atoms with Crippen LogP contribution in [0, 0.1) is 11.6 Å². The summed E-state index contributed by atoms with van der Waals surface area (Å²) in [7, 11) is -3.74. The molecule has 0 atom stereocenters. The van der Waals surface area contributed by atoms with Gasteiger partial charge in [0, 0.05) is 19.2 Å². The summed E-state index contributed by atoms with van der Waals surface area (Å²) in [4.78, 5) is 12.1. The summed E-state index contributed by atoms with van der Waals surface area (Å²) in [6.45, 7) is 0.817. The predicted molar refractivity (Wildman–Crippen MR) is 90.4 cm³/mol. The average Bonchev–Trinajstić information content (AvgIpc) is 3.12. The van der Waals surface area contributed by atoms with E-state index in [4.69, 9.17) is 0 Å². The van der Waals surface area contributed by atoms with Gasteiger partial charge in [0.15, 0.2) is 0 Å². The minimum Gasteiger partial charge on any atom is -0.506 e. The SMILES string of the molecule is O=C(Nc1cc(S(=O)(=O)N2CCCC2)ccc1O)c1ccc(F)cc1F. The highest BCUT2D eigenvalue weighted by Gasteiger charge is 2.28. The molecule has 0 aliphatic carbocycles. The van der Waals surface area contributed by atoms with Gasteiger partial charge in [-0.1, -0.05) is 0 Å². The Labute approximate surface area is 149 Å². The first-order valence-corrected chi connectivity index (χ1v) is 9.32. The number of nitrogens with zero attached hydrogens (tertiary/aromatic N) is 1. The number of aromatic hydroxyl groups is 1. The number of nitrogens with one attached hydrogen (secondary N) is 1. The smallest absolute Gasteiger partial charge is 0.258 e. The molecule has 2 aromatic carbocycles. The molecule has 138 valence electrons. The van der Waals surface area contributed by atoms with Crippen molar-refractivity contribution < 1.29 is 27.1 Å². The second-order valence-electron chi connectivity index (χ2n) is 5.87. The van der Waals surface area contributed by atoms with E-state index in [1.807, 2.05) is 0 Å². The summed E-state index contributed by atoms with van der Waals surface area (Å²) in [5.41, 5.74) is -0.613. The van der Waals surface area contributed by atoms with Crippen molar-refractivity contribution in [2.75, 3.05) is 18.4 Å². The molecule has 1 amide bonds. The standard InChI is InChI=1S/C17H16F2N2O4S/c18-11-3-5-13(14(19)9-11)17(23)20-15-10-12(4-6-16(15)22)26(24,25)21-7-1-2-8-21/h3-6,9-10,22H,1-2,7-8H2,(H,20,23). The Morgan fingerprint density at radius 3 is 2.42 bits per heavy atom. The summed E-state index contributed by atoms with van der Waals surface area (Å²) in [5, 5.41) is 12.2. The number of rotatable bonds is 4. The topological polar surface area (TPSA) is 86.7 Å². The number of halogens is 2. The van der Waals surface area contributed by atoms with Crippen molar-refractivity contribution in [2.24, 2.45) is 0 Å². The molecular formula is C17H16F2N2O4S. The van der Waals surface area contributed by atoms with Gasteiger partial charge in [-0.25, -0.2) is 17.2 Å². The van der Waals surface area contributed by atoms with Crippen LogP contribution in [-0.2, 0) is 10.0 Å². The predicted octanol–water partition coefficient (Wildman–Crippen LogP) is 2.71. The molecule has 0 bridgehead atoms. The van der Waals surface area contributed by atoms with Crippen LogP contribution in [0.3, 0.4) is 0 Å². The monoisotopic (exact) mass is 382 g/mol. The lowest BCUT2D eigenvalue weighted by molar-refractivity contribution is 0.102. The molecule has 0 spiro atoms. The summed E-state index contributed by atoms with van der Waals surface area (Å²) >= 11 is 0. The number of hydrogen-bond acceptors (Lipinski definition) is 4. The highest BCUT2D eigenvalue weighted by molar-refractivity contribution is 7.89. The van der Waals surface area contributed by atoms with E-state index in [0.717, 1.165) is 37.1 Å². The molecule has 1 heterocycles. The van der Waals surface area contributed by atoms with Crippen molar-refractivity contribution in [3.8, 4) is 5.75 Å². The molecule has 1 fully saturated rings. The number of sulfonamides is 1. The van der Waals surface area contributed by atoms with E-state index in [1.54, 1.807) is 0 Å². The number of anilines is 1. The molecule has 1 aliphatic heterocycles. The molecule has 1 aliphatic rings. The lowest BCUT2D eigenvalue weighted by Gasteiger charge is -2.16. The maximum atomic E-state index is 13.7. The zero-order chi connectivity index (χ0) is 18.9. The number of benzene rings is 2. The number of hydrogen-bond donors (Lipinski definition) is 2. The van der Waals surface area contributed by atoms with Crippen molar-refractivity contribution in [1.82, 2.24) is 4.31 Å². The molecule has 0 radical (unpaired) electrons. The zero-order valence-corrected chi connectivity index (χ0v) is 14.4. The Kier molecular flexibility index (Phi) is 4.92. The van der Waals surface area contributed by atoms with Crippen molar-refractivity contribution >= 4 is 21.6 Å². The summed E-state index contributed by atoms with van der Waals surface area (Å²) in [6.07, 6.45) is 1.54. The fourth-order valence-electron chi connectivity index (χ4n) is 2.72. The maximum Gasteiger partial charge on any atom is 0.258 e. The quantitative estimate of drug-likeness (QED) is 0.796. The Balaban J connectivity index is 1.89. The summed E-state index contributed by atoms with van der Waals surface area (Å²) < 4.78 is 53.1. The molecule has 2 aromatic rings. The van der Waals surface area contributed by atoms with E-state index in [2.05, 4.69) is 5.32 Å². The van der Waals surface area contributed by atoms with Crippen molar-refractivity contribution in [1.29, 1.82) is 0 Å². The molecular weight excluding hydrogens is 366 g/mol. The molecule has 2 N–H and O–H groups in total. The van der Waals surface area contributed by atoms with Gasteiger partial charge < -0.3 is 10.4 Å². The van der Waals surface area contributed by atoms with E-state index >= 15 is 0 Å². The fraction of sp³-hybridized carbons (Fsp3) is 0.235. The van der Waals surface area contributed by atoms with Crippen LogP contribution in [0.25, 0.3) is 0 Å². The molecule has 0 saturated carbocycles. The lowest BCUT2D eigenvalue weighted by atomic mass is 10.2. The van der Waals surface area contributed by atoms with Crippen LogP contribution >= 0.6 is 0 Å². The van der Waals surface area contributed by atoms with Gasteiger partial charge in [-0.15, -0.1) is 0 Å². The minimum absolute atomic E-state index is 0.0907. The molecule has 0 unspecified atom stereocenters. The second kappa shape index (κ2) is 7.00. The molecule has 1 saturated heterocycles. The third-order valence-corrected chi connectivity index (χ3v) is 5.99. The van der Waals surface area contributed by atoms with Crippen LogP contribution in [0.4, 0.5) is 14.5 Å². The van der Waals surface area contributed by atoms with E-state index in [9.17, 15) is 27.1 Å². The Morgan fingerprint density at radius 1 is 1.08 bits per heavy atom. The first kappa shape index (κ1) is 18.3. The molecule has 9 heteroatoms. The summed E-state index contributed by atoms with van der Waals surface area (Å²) in [6, 6.07) is 5.93. The van der Waals surface area contributed by atoms with Crippen LogP contribution in [-0.4, -0.2) is 36.8 Å². The molecule has 6 nitrogen and oxygen atoms in total. The van der Waals surface area contributed by atoms with Gasteiger partial charge in [0.05, 0.1) is 16.1 Å². The van der Waals surface area contributed by atoms with Gasteiger partial charge in [0.25, 0.3) is 5.91 Å². The highest BCUT2D eigenvalue weighted by Crippen LogP contribution is 2.29. The third-order valence-electron chi connectivity index (χ3n) is 4.09. The maximum absolute atomic E-state index is 13.7. The molecule has 0 aromatic heterocycles. The molecule has 26 heavy (non-hydrogen) atoms. The van der Waals surface area contributed by atoms with Gasteiger partial charge in [-0.05, 0) is 43.2 Å². The first-order valence-electron chi connectivity index (χ1n) is 7.88. The van der Waals surface area contributed by atoms with Gasteiger partial charge in [-0.3, -0.25) is 4.79 Å². The Morgan fingerprint density at radius 2 is 1.77 bits per heavy atom. The van der Waals surface area contributed by atoms with Crippen LogP contribution in [0.5, 0.6) is 5.75 Å². The number of carbonyl (C=O) groups is 1. The van der Waals surface area contributed by atoms with Crippen molar-refractivity contribution in [3.05, 3.63) is 53.6 Å². The minimum atomic E-state index is -3.74. The van der Waals surface area contributed by atoms with Gasteiger partial charge in [0.1, 0.15) is 17.4 Å². The average molecular weight is 382 g/mol. The van der Waals surface area contributed by atoms with E-state index in [0.29, 0.717) is 19.2 Å². The van der Waals surface area contributed by atoms with Gasteiger partial charge in [-0.2, -0.15) is 4.31 Å². The van der Waals surface area contributed by atoms with Crippen molar-refractivity contribution in [2.45, 2.75) is 17.7 Å². The number of phenolic OH excluding ortho intramolecular Hbond substituents is 1. The van der Waals surface area contributed by atoms with Crippen LogP contribution in [0.1, 0.15) is 23.2 Å². The van der Waals surface area contributed by atoms with Crippen LogP contribution in [0.2, 0.25) is 0 Å². The van der Waals surface area contributed by atoms with Crippen LogP contribution < -0.4 is 5.32 Å². The molecule has 3 rings (SSSR count).